The number of carbonyl (C=O) groups excluding carboxylic acids is 2. The van der Waals surface area contributed by atoms with Gasteiger partial charge in [-0.15, -0.1) is 0 Å². The minimum atomic E-state index is -0.652. The number of hydrogen-bond donors (Lipinski definition) is 0. The Bertz CT molecular complexity index is 1020. The molecular formula is C20H11FO5. The number of Topliss-reactive ketones (excluding diaryl/α,β-unsaturated/α-hetero) is 1. The number of benzene rings is 2. The van der Waals surface area contributed by atoms with Crippen molar-refractivity contribution in [2.24, 2.45) is 0 Å². The molecule has 128 valence electrons. The highest BCUT2D eigenvalue weighted by molar-refractivity contribution is 6.14. The predicted octanol–water partition coefficient (Wildman–Crippen LogP) is 4.25. The topological polar surface area (TPSA) is 65.7 Å². The standard InChI is InChI=1S/C20H11FO5/c21-13-5-3-12(4-6-13)10-18-19(22)15-8-7-14(11-17(15)26-18)25-20(23)16-2-1-9-24-16/h1-11H. The van der Waals surface area contributed by atoms with Gasteiger partial charge in [-0.05, 0) is 48.0 Å². The summed E-state index contributed by atoms with van der Waals surface area (Å²) in [5.41, 5.74) is 0.989. The molecule has 0 saturated carbocycles. The summed E-state index contributed by atoms with van der Waals surface area (Å²) >= 11 is 0. The van der Waals surface area contributed by atoms with Crippen molar-refractivity contribution in [2.45, 2.75) is 0 Å². The first-order chi connectivity index (χ1) is 12.6. The van der Waals surface area contributed by atoms with E-state index >= 15 is 0 Å². The second-order valence-electron chi connectivity index (χ2n) is 5.52. The van der Waals surface area contributed by atoms with Gasteiger partial charge >= 0.3 is 5.97 Å². The molecule has 3 aromatic rings. The van der Waals surface area contributed by atoms with Crippen LogP contribution in [0, 0.1) is 5.82 Å². The average molecular weight is 350 g/mol. The summed E-state index contributed by atoms with van der Waals surface area (Å²) in [6.45, 7) is 0. The summed E-state index contributed by atoms with van der Waals surface area (Å²) in [7, 11) is 0. The van der Waals surface area contributed by atoms with Crippen LogP contribution in [-0.4, -0.2) is 11.8 Å². The molecule has 1 aliphatic rings. The molecule has 1 aromatic heterocycles. The van der Waals surface area contributed by atoms with Crippen LogP contribution >= 0.6 is 0 Å². The van der Waals surface area contributed by atoms with E-state index < -0.39 is 5.97 Å². The van der Waals surface area contributed by atoms with Crippen molar-refractivity contribution >= 4 is 17.8 Å². The minimum absolute atomic E-state index is 0.0689. The van der Waals surface area contributed by atoms with E-state index in [1.807, 2.05) is 0 Å². The highest BCUT2D eigenvalue weighted by atomic mass is 19.1. The van der Waals surface area contributed by atoms with E-state index in [4.69, 9.17) is 13.9 Å². The number of esters is 1. The highest BCUT2D eigenvalue weighted by Gasteiger charge is 2.28. The van der Waals surface area contributed by atoms with Gasteiger partial charge < -0.3 is 13.9 Å². The maximum atomic E-state index is 13.0. The number of ether oxygens (including phenoxy) is 2. The van der Waals surface area contributed by atoms with Crippen LogP contribution in [0.15, 0.2) is 71.0 Å². The lowest BCUT2D eigenvalue weighted by Gasteiger charge is -2.04. The number of halogens is 1. The Kier molecular flexibility index (Phi) is 3.85. The smallest absolute Gasteiger partial charge is 0.379 e. The molecule has 2 heterocycles. The maximum Gasteiger partial charge on any atom is 0.379 e. The Morgan fingerprint density at radius 3 is 2.62 bits per heavy atom. The first kappa shape index (κ1) is 15.8. The number of ketones is 1. The summed E-state index contributed by atoms with van der Waals surface area (Å²) in [5, 5.41) is 0. The predicted molar refractivity (Wildman–Crippen MR) is 89.4 cm³/mol. The Balaban J connectivity index is 1.56. The summed E-state index contributed by atoms with van der Waals surface area (Å²) in [6.07, 6.45) is 2.89. The zero-order chi connectivity index (χ0) is 18.1. The molecule has 26 heavy (non-hydrogen) atoms. The number of allylic oxidation sites excluding steroid dienone is 1. The zero-order valence-electron chi connectivity index (χ0n) is 13.3. The molecular weight excluding hydrogens is 339 g/mol. The third kappa shape index (κ3) is 3.00. The molecule has 4 rings (SSSR count). The van der Waals surface area contributed by atoms with Gasteiger partial charge in [-0.2, -0.15) is 0 Å². The third-order valence-corrected chi connectivity index (χ3v) is 3.74. The van der Waals surface area contributed by atoms with Crippen molar-refractivity contribution < 1.29 is 27.9 Å². The van der Waals surface area contributed by atoms with Crippen LogP contribution in [-0.2, 0) is 0 Å². The zero-order valence-corrected chi connectivity index (χ0v) is 13.3. The molecule has 0 fully saturated rings. The fourth-order valence-electron chi connectivity index (χ4n) is 2.49. The molecule has 0 spiro atoms. The second-order valence-corrected chi connectivity index (χ2v) is 5.52. The fraction of sp³-hybridized carbons (Fsp3) is 0. The lowest BCUT2D eigenvalue weighted by Crippen LogP contribution is -2.07. The number of carbonyl (C=O) groups is 2. The van der Waals surface area contributed by atoms with Crippen LogP contribution in [0.4, 0.5) is 4.39 Å². The van der Waals surface area contributed by atoms with Crippen LogP contribution in [0.2, 0.25) is 0 Å². The summed E-state index contributed by atoms with van der Waals surface area (Å²) in [6, 6.07) is 13.2. The van der Waals surface area contributed by atoms with Crippen LogP contribution in [0.1, 0.15) is 26.5 Å². The van der Waals surface area contributed by atoms with E-state index in [2.05, 4.69) is 0 Å². The lowest BCUT2D eigenvalue weighted by molar-refractivity contribution is 0.0701. The molecule has 0 unspecified atom stereocenters. The molecule has 5 nitrogen and oxygen atoms in total. The van der Waals surface area contributed by atoms with Crippen LogP contribution in [0.5, 0.6) is 11.5 Å². The van der Waals surface area contributed by atoms with Crippen LogP contribution in [0.25, 0.3) is 6.08 Å². The molecule has 0 atom stereocenters. The van der Waals surface area contributed by atoms with Gasteiger partial charge in [0.15, 0.2) is 5.76 Å². The van der Waals surface area contributed by atoms with Gasteiger partial charge in [-0.3, -0.25) is 4.79 Å². The van der Waals surface area contributed by atoms with Gasteiger partial charge in [-0.25, -0.2) is 9.18 Å². The fourth-order valence-corrected chi connectivity index (χ4v) is 2.49. The van der Waals surface area contributed by atoms with Crippen molar-refractivity contribution in [1.29, 1.82) is 0 Å². The summed E-state index contributed by atoms with van der Waals surface area (Å²) in [4.78, 5) is 24.3. The van der Waals surface area contributed by atoms with Crippen molar-refractivity contribution in [2.75, 3.05) is 0 Å². The minimum Gasteiger partial charge on any atom is -0.457 e. The Morgan fingerprint density at radius 1 is 1.08 bits per heavy atom. The van der Waals surface area contributed by atoms with Crippen LogP contribution < -0.4 is 9.47 Å². The number of rotatable bonds is 3. The molecule has 0 N–H and O–H groups in total. The summed E-state index contributed by atoms with van der Waals surface area (Å²) in [5.74, 6) is -0.624. The number of furan rings is 1. The van der Waals surface area contributed by atoms with E-state index in [0.717, 1.165) is 0 Å². The van der Waals surface area contributed by atoms with Gasteiger partial charge in [0.25, 0.3) is 0 Å². The SMILES string of the molecule is O=C(Oc1ccc2c(c1)OC(=Cc1ccc(F)cc1)C2=O)c1ccco1. The van der Waals surface area contributed by atoms with E-state index in [0.29, 0.717) is 11.1 Å². The highest BCUT2D eigenvalue weighted by Crippen LogP contribution is 2.35. The molecule has 6 heteroatoms. The van der Waals surface area contributed by atoms with E-state index in [1.165, 1.54) is 48.7 Å². The van der Waals surface area contributed by atoms with Crippen molar-refractivity contribution in [3.8, 4) is 11.5 Å². The molecule has 2 aromatic carbocycles. The van der Waals surface area contributed by atoms with Gasteiger partial charge in [0.1, 0.15) is 17.3 Å². The first-order valence-corrected chi connectivity index (χ1v) is 7.70. The van der Waals surface area contributed by atoms with Crippen molar-refractivity contribution in [3.63, 3.8) is 0 Å². The Hall–Kier alpha value is -3.67. The number of fused-ring (bicyclic) bond motifs is 1. The molecule has 1 aliphatic heterocycles. The largest absolute Gasteiger partial charge is 0.457 e. The van der Waals surface area contributed by atoms with Crippen molar-refractivity contribution in [3.05, 3.63) is 89.3 Å². The Morgan fingerprint density at radius 2 is 1.88 bits per heavy atom. The van der Waals surface area contributed by atoms with Gasteiger partial charge in [0, 0.05) is 6.07 Å². The second kappa shape index (κ2) is 6.33. The molecule has 0 bridgehead atoms. The lowest BCUT2D eigenvalue weighted by atomic mass is 10.1. The van der Waals surface area contributed by atoms with Gasteiger partial charge in [0.2, 0.25) is 11.5 Å². The molecule has 0 amide bonds. The first-order valence-electron chi connectivity index (χ1n) is 7.70. The van der Waals surface area contributed by atoms with E-state index in [-0.39, 0.29) is 34.6 Å². The van der Waals surface area contributed by atoms with Gasteiger partial charge in [-0.1, -0.05) is 12.1 Å². The van der Waals surface area contributed by atoms with E-state index in [1.54, 1.807) is 18.2 Å². The monoisotopic (exact) mass is 350 g/mol. The van der Waals surface area contributed by atoms with Crippen molar-refractivity contribution in [1.82, 2.24) is 0 Å². The van der Waals surface area contributed by atoms with E-state index in [9.17, 15) is 14.0 Å². The van der Waals surface area contributed by atoms with Gasteiger partial charge in [0.05, 0.1) is 11.8 Å². The number of hydrogen-bond acceptors (Lipinski definition) is 5. The molecule has 0 saturated heterocycles. The average Bonchev–Trinajstić information content (AvgIpc) is 3.26. The third-order valence-electron chi connectivity index (χ3n) is 3.74. The molecule has 0 aliphatic carbocycles. The summed E-state index contributed by atoms with van der Waals surface area (Å²) < 4.78 is 28.7. The quantitative estimate of drug-likeness (QED) is 0.401. The maximum absolute atomic E-state index is 13.0. The Labute approximate surface area is 147 Å². The van der Waals surface area contributed by atoms with Crippen LogP contribution in [0.3, 0.4) is 0 Å². The molecule has 0 radical (unpaired) electrons. The normalized spacial score (nSPS) is 14.2.